The number of piperidine rings is 1. The summed E-state index contributed by atoms with van der Waals surface area (Å²) in [7, 11) is -2.09. The maximum atomic E-state index is 13.1. The Labute approximate surface area is 178 Å². The highest BCUT2D eigenvalue weighted by atomic mass is 32.2. The number of hydrogen-bond donors (Lipinski definition) is 1. The van der Waals surface area contributed by atoms with Crippen molar-refractivity contribution in [2.45, 2.75) is 43.0 Å². The van der Waals surface area contributed by atoms with Crippen LogP contribution in [0.3, 0.4) is 0 Å². The Morgan fingerprint density at radius 3 is 2.60 bits per heavy atom. The molecule has 2 aromatic carbocycles. The zero-order valence-corrected chi connectivity index (χ0v) is 18.0. The summed E-state index contributed by atoms with van der Waals surface area (Å²) < 4.78 is 32.7. The number of aryl methyl sites for hydroxylation is 1. The van der Waals surface area contributed by atoms with Gasteiger partial charge >= 0.3 is 0 Å². The van der Waals surface area contributed by atoms with Crippen molar-refractivity contribution in [1.82, 2.24) is 9.62 Å². The van der Waals surface area contributed by atoms with E-state index in [0.717, 1.165) is 19.3 Å². The van der Waals surface area contributed by atoms with Crippen LogP contribution >= 0.6 is 0 Å². The third-order valence-electron chi connectivity index (χ3n) is 6.14. The fourth-order valence-corrected chi connectivity index (χ4v) is 5.99. The predicted octanol–water partition coefficient (Wildman–Crippen LogP) is 3.29. The molecular formula is C23H28N2O4S. The summed E-state index contributed by atoms with van der Waals surface area (Å²) in [6.45, 7) is 0.652. The highest BCUT2D eigenvalue weighted by Crippen LogP contribution is 2.31. The van der Waals surface area contributed by atoms with Crippen molar-refractivity contribution >= 4 is 15.9 Å². The first-order valence-electron chi connectivity index (χ1n) is 10.5. The predicted molar refractivity (Wildman–Crippen MR) is 115 cm³/mol. The van der Waals surface area contributed by atoms with Gasteiger partial charge in [0.05, 0.1) is 24.0 Å². The van der Waals surface area contributed by atoms with Gasteiger partial charge in [0.1, 0.15) is 5.75 Å². The zero-order chi connectivity index (χ0) is 21.1. The van der Waals surface area contributed by atoms with Gasteiger partial charge in [0.2, 0.25) is 15.9 Å². The summed E-state index contributed by atoms with van der Waals surface area (Å²) >= 11 is 0. The van der Waals surface area contributed by atoms with Crippen LogP contribution in [0.15, 0.2) is 53.4 Å². The van der Waals surface area contributed by atoms with E-state index in [4.69, 9.17) is 4.74 Å². The molecule has 6 nitrogen and oxygen atoms in total. The molecule has 30 heavy (non-hydrogen) atoms. The van der Waals surface area contributed by atoms with Crippen molar-refractivity contribution in [3.63, 3.8) is 0 Å². The second-order valence-corrected chi connectivity index (χ2v) is 9.97. The number of nitrogens with one attached hydrogen (secondary N) is 1. The first-order valence-corrected chi connectivity index (χ1v) is 12.0. The van der Waals surface area contributed by atoms with E-state index in [1.807, 2.05) is 12.1 Å². The molecule has 1 N–H and O–H groups in total. The van der Waals surface area contributed by atoms with Crippen LogP contribution in [0.2, 0.25) is 0 Å². The van der Waals surface area contributed by atoms with Crippen LogP contribution in [0, 0.1) is 5.92 Å². The number of hydrogen-bond acceptors (Lipinski definition) is 4. The first kappa shape index (κ1) is 20.9. The van der Waals surface area contributed by atoms with Crippen molar-refractivity contribution in [2.24, 2.45) is 5.92 Å². The lowest BCUT2D eigenvalue weighted by Crippen LogP contribution is -2.46. The number of ether oxygens (including phenoxy) is 1. The van der Waals surface area contributed by atoms with Crippen molar-refractivity contribution < 1.29 is 17.9 Å². The van der Waals surface area contributed by atoms with Gasteiger partial charge in [-0.05, 0) is 67.5 Å². The van der Waals surface area contributed by atoms with Crippen LogP contribution in [0.1, 0.15) is 42.9 Å². The van der Waals surface area contributed by atoms with Gasteiger partial charge in [0, 0.05) is 13.1 Å². The molecule has 1 aliphatic heterocycles. The largest absolute Gasteiger partial charge is 0.497 e. The van der Waals surface area contributed by atoms with Gasteiger partial charge in [-0.3, -0.25) is 4.79 Å². The van der Waals surface area contributed by atoms with Gasteiger partial charge in [-0.15, -0.1) is 0 Å². The molecule has 4 rings (SSSR count). The van der Waals surface area contributed by atoms with Crippen molar-refractivity contribution in [2.75, 3.05) is 20.2 Å². The molecule has 1 amide bonds. The second-order valence-electron chi connectivity index (χ2n) is 8.03. The molecule has 0 radical (unpaired) electrons. The molecule has 2 aliphatic rings. The maximum absolute atomic E-state index is 13.1. The summed E-state index contributed by atoms with van der Waals surface area (Å²) in [5.41, 5.74) is 2.48. The van der Waals surface area contributed by atoms with E-state index in [1.54, 1.807) is 31.4 Å². The number of rotatable bonds is 5. The van der Waals surface area contributed by atoms with Crippen LogP contribution in [-0.2, 0) is 21.2 Å². The highest BCUT2D eigenvalue weighted by Gasteiger charge is 2.34. The fraction of sp³-hybridized carbons (Fsp3) is 0.435. The molecule has 1 heterocycles. The number of carbonyl (C=O) groups is 1. The van der Waals surface area contributed by atoms with Gasteiger partial charge < -0.3 is 10.1 Å². The van der Waals surface area contributed by atoms with Gasteiger partial charge in [-0.25, -0.2) is 8.42 Å². The number of methoxy groups -OCH3 is 1. The number of carbonyl (C=O) groups excluding carboxylic acids is 1. The molecule has 0 saturated carbocycles. The molecule has 0 bridgehead atoms. The lowest BCUT2D eigenvalue weighted by Gasteiger charge is -2.33. The normalized spacial score (nSPS) is 22.2. The minimum Gasteiger partial charge on any atom is -0.497 e. The SMILES string of the molecule is COc1ccc(S(=O)(=O)N2CCC[C@H](C(=O)N[C@H]3CCCc4ccccc43)C2)cc1. The number of benzene rings is 2. The Balaban J connectivity index is 1.45. The summed E-state index contributed by atoms with van der Waals surface area (Å²) in [6.07, 6.45) is 4.39. The van der Waals surface area contributed by atoms with E-state index in [-0.39, 0.29) is 29.3 Å². The molecule has 2 aromatic rings. The maximum Gasteiger partial charge on any atom is 0.243 e. The summed E-state index contributed by atoms with van der Waals surface area (Å²) in [5, 5.41) is 3.19. The third kappa shape index (κ3) is 4.23. The standard InChI is InChI=1S/C23H28N2O4S/c1-29-19-11-13-20(14-12-19)30(27,28)25-15-5-8-18(16-25)23(26)24-22-10-4-7-17-6-2-3-9-21(17)22/h2-3,6,9,11-14,18,22H,4-5,7-8,10,15-16H2,1H3,(H,24,26)/t18-,22-/m0/s1. The Hall–Kier alpha value is -2.38. The topological polar surface area (TPSA) is 75.7 Å². The number of sulfonamides is 1. The van der Waals surface area contributed by atoms with E-state index in [9.17, 15) is 13.2 Å². The van der Waals surface area contributed by atoms with E-state index in [0.29, 0.717) is 25.1 Å². The lowest BCUT2D eigenvalue weighted by molar-refractivity contribution is -0.127. The van der Waals surface area contributed by atoms with Crippen LogP contribution in [0.5, 0.6) is 5.75 Å². The fourth-order valence-electron chi connectivity index (χ4n) is 4.46. The van der Waals surface area contributed by atoms with E-state index >= 15 is 0 Å². The highest BCUT2D eigenvalue weighted by molar-refractivity contribution is 7.89. The summed E-state index contributed by atoms with van der Waals surface area (Å²) in [5.74, 6) is 0.227. The van der Waals surface area contributed by atoms with Crippen molar-refractivity contribution in [1.29, 1.82) is 0 Å². The van der Waals surface area contributed by atoms with Crippen LogP contribution in [0.4, 0.5) is 0 Å². The van der Waals surface area contributed by atoms with Crippen LogP contribution in [0.25, 0.3) is 0 Å². The van der Waals surface area contributed by atoms with E-state index in [1.165, 1.54) is 15.4 Å². The van der Waals surface area contributed by atoms with Gasteiger partial charge in [0.25, 0.3) is 0 Å². The molecule has 160 valence electrons. The van der Waals surface area contributed by atoms with Gasteiger partial charge in [-0.1, -0.05) is 24.3 Å². The molecule has 7 heteroatoms. The Morgan fingerprint density at radius 1 is 1.07 bits per heavy atom. The number of fused-ring (bicyclic) bond motifs is 1. The molecular weight excluding hydrogens is 400 g/mol. The number of nitrogens with zero attached hydrogens (tertiary/aromatic N) is 1. The molecule has 2 atom stereocenters. The lowest BCUT2D eigenvalue weighted by atomic mass is 9.87. The molecule has 0 aromatic heterocycles. The van der Waals surface area contributed by atoms with Crippen molar-refractivity contribution in [3.05, 3.63) is 59.7 Å². The first-order chi connectivity index (χ1) is 14.5. The Morgan fingerprint density at radius 2 is 1.83 bits per heavy atom. The van der Waals surface area contributed by atoms with Gasteiger partial charge in [0.15, 0.2) is 0 Å². The molecule has 1 aliphatic carbocycles. The van der Waals surface area contributed by atoms with E-state index < -0.39 is 10.0 Å². The summed E-state index contributed by atoms with van der Waals surface area (Å²) in [6, 6.07) is 14.6. The van der Waals surface area contributed by atoms with Gasteiger partial charge in [-0.2, -0.15) is 4.31 Å². The van der Waals surface area contributed by atoms with E-state index in [2.05, 4.69) is 17.4 Å². The smallest absolute Gasteiger partial charge is 0.243 e. The van der Waals surface area contributed by atoms with Crippen LogP contribution < -0.4 is 10.1 Å². The second kappa shape index (κ2) is 8.78. The Bertz CT molecular complexity index is 1000. The summed E-state index contributed by atoms with van der Waals surface area (Å²) in [4.78, 5) is 13.2. The monoisotopic (exact) mass is 428 g/mol. The minimum atomic E-state index is -3.64. The molecule has 1 saturated heterocycles. The molecule has 0 unspecified atom stereocenters. The number of amides is 1. The quantitative estimate of drug-likeness (QED) is 0.793. The average molecular weight is 429 g/mol. The average Bonchev–Trinajstić information content (AvgIpc) is 2.79. The zero-order valence-electron chi connectivity index (χ0n) is 17.2. The van der Waals surface area contributed by atoms with Crippen LogP contribution in [-0.4, -0.2) is 38.8 Å². The molecule has 0 spiro atoms. The van der Waals surface area contributed by atoms with Crippen molar-refractivity contribution in [3.8, 4) is 5.75 Å². The Kier molecular flexibility index (Phi) is 6.11. The molecule has 1 fully saturated rings. The third-order valence-corrected chi connectivity index (χ3v) is 8.02. The minimum absolute atomic E-state index is 0.0102.